The molecule has 84 valence electrons. The molecule has 6 nitrogen and oxygen atoms in total. The molecule has 1 unspecified atom stereocenters. The second-order valence-corrected chi connectivity index (χ2v) is 3.34. The molecule has 1 aromatic heterocycles. The number of rotatable bonds is 5. The highest BCUT2D eigenvalue weighted by atomic mass is 16.3. The van der Waals surface area contributed by atoms with E-state index in [1.165, 1.54) is 10.9 Å². The number of aliphatic hydroxyl groups is 1. The van der Waals surface area contributed by atoms with Crippen LogP contribution in [0.2, 0.25) is 0 Å². The number of hydrogen-bond donors (Lipinski definition) is 3. The second kappa shape index (κ2) is 5.35. The Bertz CT molecular complexity index is 324. The molecule has 1 aromatic rings. The molecule has 0 fully saturated rings. The normalized spacial score (nSPS) is 12.4. The summed E-state index contributed by atoms with van der Waals surface area (Å²) in [6, 6.07) is 0. The van der Waals surface area contributed by atoms with Crippen molar-refractivity contribution < 1.29 is 9.90 Å². The van der Waals surface area contributed by atoms with Gasteiger partial charge in [0.15, 0.2) is 0 Å². The first-order valence-electron chi connectivity index (χ1n) is 4.84. The van der Waals surface area contributed by atoms with Crippen LogP contribution in [0.4, 0.5) is 5.69 Å². The van der Waals surface area contributed by atoms with Crippen LogP contribution >= 0.6 is 0 Å². The summed E-state index contributed by atoms with van der Waals surface area (Å²) in [6.07, 6.45) is 3.19. The Hall–Kier alpha value is -1.56. The number of anilines is 1. The van der Waals surface area contributed by atoms with Gasteiger partial charge in [0.25, 0.3) is 0 Å². The molecule has 1 amide bonds. The van der Waals surface area contributed by atoms with Crippen LogP contribution < -0.4 is 11.1 Å². The number of aliphatic hydroxyl groups excluding tert-OH is 1. The standard InChI is InChI=1S/C9H16N4O2/c1-2-8(14)4-11-9(15)6-13-5-7(10)3-12-13/h3,5,8,14H,2,4,6,10H2,1H3,(H,11,15). The lowest BCUT2D eigenvalue weighted by Gasteiger charge is -2.09. The fourth-order valence-electron chi connectivity index (χ4n) is 1.05. The number of nitrogens with one attached hydrogen (secondary N) is 1. The van der Waals surface area contributed by atoms with Crippen molar-refractivity contribution in [3.05, 3.63) is 12.4 Å². The molecule has 15 heavy (non-hydrogen) atoms. The van der Waals surface area contributed by atoms with Gasteiger partial charge < -0.3 is 16.2 Å². The smallest absolute Gasteiger partial charge is 0.241 e. The van der Waals surface area contributed by atoms with Gasteiger partial charge in [-0.1, -0.05) is 6.92 Å². The lowest BCUT2D eigenvalue weighted by molar-refractivity contribution is -0.122. The SMILES string of the molecule is CCC(O)CNC(=O)Cn1cc(N)cn1. The third-order valence-electron chi connectivity index (χ3n) is 1.96. The molecule has 0 saturated carbocycles. The van der Waals surface area contributed by atoms with Crippen LogP contribution in [0.5, 0.6) is 0 Å². The molecule has 0 aliphatic rings. The van der Waals surface area contributed by atoms with Crippen molar-refractivity contribution in [1.82, 2.24) is 15.1 Å². The average molecular weight is 212 g/mol. The molecule has 0 radical (unpaired) electrons. The first-order valence-corrected chi connectivity index (χ1v) is 4.84. The largest absolute Gasteiger partial charge is 0.396 e. The molecule has 0 aromatic carbocycles. The molecular formula is C9H16N4O2. The van der Waals surface area contributed by atoms with E-state index in [0.29, 0.717) is 12.1 Å². The predicted octanol–water partition coefficient (Wildman–Crippen LogP) is -0.648. The van der Waals surface area contributed by atoms with Crippen molar-refractivity contribution in [2.24, 2.45) is 0 Å². The van der Waals surface area contributed by atoms with Crippen LogP contribution in [0.15, 0.2) is 12.4 Å². The lowest BCUT2D eigenvalue weighted by atomic mass is 10.3. The first-order chi connectivity index (χ1) is 7.11. The van der Waals surface area contributed by atoms with E-state index >= 15 is 0 Å². The Kier molecular flexibility index (Phi) is 4.11. The van der Waals surface area contributed by atoms with Gasteiger partial charge in [0.1, 0.15) is 6.54 Å². The van der Waals surface area contributed by atoms with Gasteiger partial charge in [0.2, 0.25) is 5.91 Å². The molecule has 1 rings (SSSR count). The fourth-order valence-corrected chi connectivity index (χ4v) is 1.05. The number of carbonyl (C=O) groups excluding carboxylic acids is 1. The number of nitrogens with two attached hydrogens (primary N) is 1. The minimum Gasteiger partial charge on any atom is -0.396 e. The highest BCUT2D eigenvalue weighted by Gasteiger charge is 2.06. The zero-order chi connectivity index (χ0) is 11.3. The van der Waals surface area contributed by atoms with E-state index in [1.54, 1.807) is 6.20 Å². The van der Waals surface area contributed by atoms with Gasteiger partial charge in [0, 0.05) is 12.7 Å². The van der Waals surface area contributed by atoms with Crippen molar-refractivity contribution in [1.29, 1.82) is 0 Å². The van der Waals surface area contributed by atoms with Gasteiger partial charge in [0.05, 0.1) is 18.0 Å². The number of nitrogen functional groups attached to an aromatic ring is 1. The minimum absolute atomic E-state index is 0.119. The number of hydrogen-bond acceptors (Lipinski definition) is 4. The van der Waals surface area contributed by atoms with Gasteiger partial charge >= 0.3 is 0 Å². The Labute approximate surface area is 88.1 Å². The Morgan fingerprint density at radius 2 is 2.53 bits per heavy atom. The number of carbonyl (C=O) groups is 1. The third kappa shape index (κ3) is 3.99. The molecule has 0 aliphatic carbocycles. The van der Waals surface area contributed by atoms with E-state index in [4.69, 9.17) is 5.73 Å². The molecular weight excluding hydrogens is 196 g/mol. The van der Waals surface area contributed by atoms with Crippen LogP contribution in [-0.2, 0) is 11.3 Å². The number of aromatic nitrogens is 2. The van der Waals surface area contributed by atoms with Crippen molar-refractivity contribution in [2.75, 3.05) is 12.3 Å². The van der Waals surface area contributed by atoms with Crippen LogP contribution in [-0.4, -0.2) is 33.4 Å². The molecule has 6 heteroatoms. The van der Waals surface area contributed by atoms with E-state index in [9.17, 15) is 9.90 Å². The topological polar surface area (TPSA) is 93.2 Å². The molecule has 0 bridgehead atoms. The van der Waals surface area contributed by atoms with Crippen LogP contribution in [0.3, 0.4) is 0 Å². The minimum atomic E-state index is -0.489. The van der Waals surface area contributed by atoms with Crippen molar-refractivity contribution in [2.45, 2.75) is 26.0 Å². The van der Waals surface area contributed by atoms with Gasteiger partial charge in [-0.05, 0) is 6.42 Å². The summed E-state index contributed by atoms with van der Waals surface area (Å²) in [5, 5.41) is 15.7. The molecule has 0 saturated heterocycles. The second-order valence-electron chi connectivity index (χ2n) is 3.34. The fraction of sp³-hybridized carbons (Fsp3) is 0.556. The van der Waals surface area contributed by atoms with Crippen molar-refractivity contribution >= 4 is 11.6 Å². The summed E-state index contributed by atoms with van der Waals surface area (Å²) in [5.74, 6) is -0.189. The van der Waals surface area contributed by atoms with E-state index < -0.39 is 6.10 Å². The maximum absolute atomic E-state index is 11.3. The van der Waals surface area contributed by atoms with Gasteiger partial charge in [-0.15, -0.1) is 0 Å². The summed E-state index contributed by atoms with van der Waals surface area (Å²) in [4.78, 5) is 11.3. The summed E-state index contributed by atoms with van der Waals surface area (Å²) < 4.78 is 1.45. The third-order valence-corrected chi connectivity index (χ3v) is 1.96. The van der Waals surface area contributed by atoms with Crippen LogP contribution in [0, 0.1) is 0 Å². The number of amides is 1. The maximum atomic E-state index is 11.3. The summed E-state index contributed by atoms with van der Waals surface area (Å²) in [6.45, 7) is 2.24. The summed E-state index contributed by atoms with van der Waals surface area (Å²) >= 11 is 0. The Balaban J connectivity index is 2.30. The maximum Gasteiger partial charge on any atom is 0.241 e. The monoisotopic (exact) mass is 212 g/mol. The zero-order valence-electron chi connectivity index (χ0n) is 8.68. The van der Waals surface area contributed by atoms with Crippen molar-refractivity contribution in [3.8, 4) is 0 Å². The predicted molar refractivity (Wildman–Crippen MR) is 55.9 cm³/mol. The van der Waals surface area contributed by atoms with E-state index in [2.05, 4.69) is 10.4 Å². The first kappa shape index (κ1) is 11.5. The van der Waals surface area contributed by atoms with Gasteiger partial charge in [-0.3, -0.25) is 9.48 Å². The Morgan fingerprint density at radius 1 is 1.80 bits per heavy atom. The van der Waals surface area contributed by atoms with Gasteiger partial charge in [-0.25, -0.2) is 0 Å². The average Bonchev–Trinajstić information content (AvgIpc) is 2.60. The van der Waals surface area contributed by atoms with Crippen molar-refractivity contribution in [3.63, 3.8) is 0 Å². The van der Waals surface area contributed by atoms with E-state index in [0.717, 1.165) is 0 Å². The highest BCUT2D eigenvalue weighted by Crippen LogP contribution is 1.97. The zero-order valence-corrected chi connectivity index (χ0v) is 8.68. The van der Waals surface area contributed by atoms with Crippen LogP contribution in [0.1, 0.15) is 13.3 Å². The number of nitrogens with zero attached hydrogens (tertiary/aromatic N) is 2. The van der Waals surface area contributed by atoms with Gasteiger partial charge in [-0.2, -0.15) is 5.10 Å². The molecule has 4 N–H and O–H groups in total. The molecule has 0 spiro atoms. The Morgan fingerprint density at radius 3 is 3.07 bits per heavy atom. The summed E-state index contributed by atoms with van der Waals surface area (Å²) in [5.41, 5.74) is 5.97. The quantitative estimate of drug-likeness (QED) is 0.604. The lowest BCUT2D eigenvalue weighted by Crippen LogP contribution is -2.34. The summed E-state index contributed by atoms with van der Waals surface area (Å²) in [7, 11) is 0. The molecule has 0 aliphatic heterocycles. The van der Waals surface area contributed by atoms with Crippen LogP contribution in [0.25, 0.3) is 0 Å². The van der Waals surface area contributed by atoms with E-state index in [-0.39, 0.29) is 19.0 Å². The highest BCUT2D eigenvalue weighted by molar-refractivity contribution is 5.75. The molecule has 1 atom stereocenters. The van der Waals surface area contributed by atoms with E-state index in [1.807, 2.05) is 6.92 Å². The molecule has 1 heterocycles.